The molecule has 0 saturated carbocycles. The molecule has 0 radical (unpaired) electrons. The summed E-state index contributed by atoms with van der Waals surface area (Å²) in [6, 6.07) is 9.65. The van der Waals surface area contributed by atoms with Gasteiger partial charge in [0.2, 0.25) is 5.91 Å². The molecule has 20 nitrogen and oxygen atoms in total. The number of pyridine rings is 1. The van der Waals surface area contributed by atoms with E-state index in [9.17, 15) is 34.8 Å². The molecule has 1 amide bonds. The second kappa shape index (κ2) is 26.8. The number of esters is 1. The number of aromatic nitrogens is 1. The number of hydrogen-bond acceptors (Lipinski definition) is 19. The van der Waals surface area contributed by atoms with E-state index in [1.807, 2.05) is 63.1 Å². The Hall–Kier alpha value is -4.13. The van der Waals surface area contributed by atoms with Crippen molar-refractivity contribution in [1.29, 1.82) is 0 Å². The van der Waals surface area contributed by atoms with Gasteiger partial charge in [0.15, 0.2) is 6.29 Å². The first-order valence-electron chi connectivity index (χ1n) is 28.1. The zero-order valence-corrected chi connectivity index (χ0v) is 49.1. The Kier molecular flexibility index (Phi) is 21.8. The van der Waals surface area contributed by atoms with Crippen LogP contribution in [0.4, 0.5) is 10.2 Å². The largest absolute Gasteiger partial charge is 0.459 e. The van der Waals surface area contributed by atoms with Gasteiger partial charge in [0.25, 0.3) is 0 Å². The molecule has 21 heteroatoms. The number of anilines is 1. The van der Waals surface area contributed by atoms with Crippen LogP contribution in [-0.2, 0) is 47.5 Å². The molecule has 6 rings (SSSR count). The van der Waals surface area contributed by atoms with Crippen LogP contribution in [0.15, 0.2) is 52.9 Å². The summed E-state index contributed by atoms with van der Waals surface area (Å²) in [6.07, 6.45) is -6.78. The van der Waals surface area contributed by atoms with Crippen LogP contribution in [0, 0.1) is 29.6 Å². The molecule has 2 aromatic rings. The number of nitrogens with zero attached hydrogens (tertiary/aromatic N) is 5. The van der Waals surface area contributed by atoms with Crippen molar-refractivity contribution >= 4 is 23.5 Å². The summed E-state index contributed by atoms with van der Waals surface area (Å²) < 4.78 is 59.8. The molecule has 21 atom stereocenters. The number of benzene rings is 1. The van der Waals surface area contributed by atoms with Crippen molar-refractivity contribution in [2.45, 2.75) is 204 Å². The third-order valence-electron chi connectivity index (χ3n) is 17.9. The van der Waals surface area contributed by atoms with Crippen LogP contribution in [0.25, 0.3) is 11.1 Å². The number of nitrogens with one attached hydrogen (secondary N) is 1. The van der Waals surface area contributed by atoms with E-state index in [0.29, 0.717) is 31.7 Å². The minimum Gasteiger partial charge on any atom is -0.459 e. The number of carbonyl (C=O) groups is 3. The zero-order valence-electron chi connectivity index (χ0n) is 49.1. The highest BCUT2D eigenvalue weighted by Crippen LogP contribution is 2.46. The number of ketones is 1. The van der Waals surface area contributed by atoms with Gasteiger partial charge < -0.3 is 63.8 Å². The van der Waals surface area contributed by atoms with Crippen molar-refractivity contribution in [3.05, 3.63) is 48.2 Å². The SMILES string of the molecule is CC[C@H]1OC(=O)[C@H](C)[C@@H](C2C[C@@](C)(OC)[C@@H](O)[C@H](C)O2)[C@H](C)[C@@H](O[C@@H]2O[C@H](C)C[C@H](N(C)CCC3CN([C@H](CF)[C@H](OC)c4ccc(-c5ccc(NC(C)=O)nc5)cc4)N=N3)[C@H]2O)[C@](C)(OC)C[C@@H](C)C(=O)[C@H](C)[C@@H](O)[C@]1(C)O. The molecule has 1 aromatic carbocycles. The van der Waals surface area contributed by atoms with Crippen LogP contribution in [0.5, 0.6) is 0 Å². The van der Waals surface area contributed by atoms with Gasteiger partial charge in [-0.1, -0.05) is 64.1 Å². The second-order valence-corrected chi connectivity index (χ2v) is 23.6. The van der Waals surface area contributed by atoms with Gasteiger partial charge >= 0.3 is 5.97 Å². The van der Waals surface area contributed by atoms with Crippen LogP contribution < -0.4 is 5.32 Å². The molecule has 4 aliphatic rings. The Morgan fingerprint density at radius 3 is 2.16 bits per heavy atom. The number of cyclic esters (lactones) is 1. The van der Waals surface area contributed by atoms with E-state index < -0.39 is 132 Å². The number of amides is 1. The molecule has 0 spiro atoms. The van der Waals surface area contributed by atoms with Gasteiger partial charge in [-0.15, -0.1) is 0 Å². The molecule has 1 aromatic heterocycles. The summed E-state index contributed by atoms with van der Waals surface area (Å²) in [7, 11) is 6.48. The van der Waals surface area contributed by atoms with Gasteiger partial charge in [0, 0.05) is 76.8 Å². The molecule has 5 N–H and O–H groups in total. The monoisotopic (exact) mass is 1110 g/mol. The molecule has 0 bridgehead atoms. The minimum absolute atomic E-state index is 0.0703. The summed E-state index contributed by atoms with van der Waals surface area (Å²) >= 11 is 0. The minimum atomic E-state index is -2.00. The number of hydrogen-bond donors (Lipinski definition) is 5. The number of alkyl halides is 1. The van der Waals surface area contributed by atoms with E-state index in [0.717, 1.165) is 16.7 Å². The highest BCUT2D eigenvalue weighted by Gasteiger charge is 2.56. The third kappa shape index (κ3) is 14.2. The van der Waals surface area contributed by atoms with E-state index in [4.69, 9.17) is 33.2 Å². The van der Waals surface area contributed by atoms with E-state index in [1.165, 1.54) is 35.2 Å². The summed E-state index contributed by atoms with van der Waals surface area (Å²) in [5, 5.41) is 60.6. The molecule has 3 fully saturated rings. The van der Waals surface area contributed by atoms with Crippen molar-refractivity contribution in [1.82, 2.24) is 14.9 Å². The molecule has 444 valence electrons. The quantitative estimate of drug-likeness (QED) is 0.109. The Balaban J connectivity index is 1.22. The first-order chi connectivity index (χ1) is 37.2. The summed E-state index contributed by atoms with van der Waals surface area (Å²) in [4.78, 5) is 46.8. The number of aliphatic hydroxyl groups is 4. The lowest BCUT2D eigenvalue weighted by Crippen LogP contribution is -2.62. The molecule has 5 heterocycles. The second-order valence-electron chi connectivity index (χ2n) is 23.6. The van der Waals surface area contributed by atoms with Crippen LogP contribution in [0.2, 0.25) is 0 Å². The number of halogens is 1. The number of ether oxygens (including phenoxy) is 7. The number of likely N-dealkylation sites (N-methyl/N-ethyl adjacent to an activating group) is 1. The predicted molar refractivity (Wildman–Crippen MR) is 292 cm³/mol. The lowest BCUT2D eigenvalue weighted by atomic mass is 9.67. The smallest absolute Gasteiger partial charge is 0.309 e. The van der Waals surface area contributed by atoms with Gasteiger partial charge in [-0.05, 0) is 96.5 Å². The van der Waals surface area contributed by atoms with Crippen molar-refractivity contribution < 1.29 is 72.4 Å². The fourth-order valence-electron chi connectivity index (χ4n) is 12.9. The molecule has 2 unspecified atom stereocenters. The van der Waals surface area contributed by atoms with Crippen molar-refractivity contribution in [3.8, 4) is 11.1 Å². The molecule has 3 saturated heterocycles. The third-order valence-corrected chi connectivity index (χ3v) is 17.9. The van der Waals surface area contributed by atoms with E-state index in [1.54, 1.807) is 58.8 Å². The Morgan fingerprint density at radius 1 is 0.924 bits per heavy atom. The molecular formula is C58H91FN6O14. The average Bonchev–Trinajstić information content (AvgIpc) is 3.94. The highest BCUT2D eigenvalue weighted by atomic mass is 19.1. The number of Topliss-reactive ketones (excluding diaryl/α,β-unsaturated/α-hetero) is 1. The van der Waals surface area contributed by atoms with Crippen molar-refractivity contribution in [2.75, 3.05) is 53.5 Å². The van der Waals surface area contributed by atoms with Crippen molar-refractivity contribution in [3.63, 3.8) is 0 Å². The summed E-state index contributed by atoms with van der Waals surface area (Å²) in [5.41, 5.74) is -1.93. The van der Waals surface area contributed by atoms with E-state index in [2.05, 4.69) is 20.6 Å². The first kappa shape index (κ1) is 64.0. The normalized spacial score (nSPS) is 38.8. The van der Waals surface area contributed by atoms with Gasteiger partial charge in [-0.25, -0.2) is 9.37 Å². The van der Waals surface area contributed by atoms with Gasteiger partial charge in [-0.2, -0.15) is 5.11 Å². The van der Waals surface area contributed by atoms with Gasteiger partial charge in [-0.3, -0.25) is 19.4 Å². The molecule has 4 aliphatic heterocycles. The topological polar surface area (TPSA) is 253 Å². The lowest BCUT2D eigenvalue weighted by molar-refractivity contribution is -0.305. The molecule has 0 aliphatic carbocycles. The number of methoxy groups -OCH3 is 3. The fraction of sp³-hybridized carbons (Fsp3) is 0.759. The predicted octanol–water partition coefficient (Wildman–Crippen LogP) is 6.27. The maximum absolute atomic E-state index is 15.1. The number of carbonyl (C=O) groups excluding carboxylic acids is 3. The first-order valence-corrected chi connectivity index (χ1v) is 28.1. The fourth-order valence-corrected chi connectivity index (χ4v) is 12.9. The maximum Gasteiger partial charge on any atom is 0.309 e. The van der Waals surface area contributed by atoms with E-state index in [-0.39, 0.29) is 37.0 Å². The summed E-state index contributed by atoms with van der Waals surface area (Å²) in [6.45, 7) is 18.8. The van der Waals surface area contributed by atoms with Gasteiger partial charge in [0.1, 0.15) is 54.3 Å². The van der Waals surface area contributed by atoms with Crippen LogP contribution in [0.1, 0.15) is 120 Å². The highest BCUT2D eigenvalue weighted by molar-refractivity contribution is 5.87. The van der Waals surface area contributed by atoms with E-state index >= 15 is 4.39 Å². The molecular weight excluding hydrogens is 1020 g/mol. The maximum atomic E-state index is 15.1. The van der Waals surface area contributed by atoms with Crippen molar-refractivity contribution in [2.24, 2.45) is 39.9 Å². The lowest BCUT2D eigenvalue weighted by Gasteiger charge is -2.52. The van der Waals surface area contributed by atoms with Crippen LogP contribution in [0.3, 0.4) is 0 Å². The Morgan fingerprint density at radius 2 is 1.58 bits per heavy atom. The van der Waals surface area contributed by atoms with Crippen LogP contribution in [-0.4, -0.2) is 191 Å². The van der Waals surface area contributed by atoms with Crippen LogP contribution >= 0.6 is 0 Å². The Labute approximate surface area is 466 Å². The standard InChI is InChI=1S/C58H91FN6O14/c1-16-45-58(11,72)51(69)35(6)48(67)31(2)26-57(10,75-15)53(33(4)47(34(5)54(71)78-45)44-27-56(9,74-14)52(70)36(7)77-44)79-55-49(68)42(25-32(3)76-55)64(12)24-23-41-30-65(63-62-41)43(28-59)50(73-13)39-19-17-38(18-20-39)40-21-22-46(60-29-40)61-37(8)66/h17-22,29,31-36,41-45,47,49-53,55,68-70,72H,16,23-28,30H2,1-15H3,(H,60,61,66)/t31-,32-,33+,34-,35+,36+,41?,42+,43-,44?,45-,47+,49-,50-,51-,52+,53-,55+,56-,57-,58-/m1/s1. The summed E-state index contributed by atoms with van der Waals surface area (Å²) in [5.74, 6) is -4.99. The number of aliphatic hydroxyl groups excluding tert-OH is 3. The molecule has 79 heavy (non-hydrogen) atoms. The number of rotatable bonds is 17. The Bertz CT molecular complexity index is 2350. The van der Waals surface area contributed by atoms with Gasteiger partial charge in [0.05, 0.1) is 60.2 Å². The average molecular weight is 1120 g/mol. The zero-order chi connectivity index (χ0) is 58.5.